The third-order valence-corrected chi connectivity index (χ3v) is 8.29. The fourth-order valence-corrected chi connectivity index (χ4v) is 6.42. The SMILES string of the molecule is C=C1CC[C@@H]2[C@](C)(CO)[C@H](O)CC[C@@]2(C)[C@@H]1CCC1=CC(=Cc2ccccc2)OC1=O. The third kappa shape index (κ3) is 3.92. The van der Waals surface area contributed by atoms with Crippen LogP contribution < -0.4 is 0 Å². The molecule has 1 aliphatic heterocycles. The van der Waals surface area contributed by atoms with E-state index in [1.165, 1.54) is 5.57 Å². The molecule has 4 heteroatoms. The molecule has 0 amide bonds. The molecule has 3 aliphatic rings. The fraction of sp³-hybridized carbons (Fsp3) is 0.519. The monoisotopic (exact) mass is 422 g/mol. The normalized spacial score (nSPS) is 36.8. The number of allylic oxidation sites excluding steroid dienone is 2. The fourth-order valence-electron chi connectivity index (χ4n) is 6.42. The van der Waals surface area contributed by atoms with E-state index in [4.69, 9.17) is 4.74 Å². The summed E-state index contributed by atoms with van der Waals surface area (Å²) in [5, 5.41) is 20.8. The van der Waals surface area contributed by atoms with Crippen molar-refractivity contribution in [3.05, 3.63) is 65.5 Å². The number of aliphatic hydroxyl groups excluding tert-OH is 2. The summed E-state index contributed by atoms with van der Waals surface area (Å²) in [6.45, 7) is 8.72. The first kappa shape index (κ1) is 22.0. The molecular weight excluding hydrogens is 388 g/mol. The average molecular weight is 423 g/mol. The summed E-state index contributed by atoms with van der Waals surface area (Å²) in [5.41, 5.74) is 2.44. The highest BCUT2D eigenvalue weighted by molar-refractivity contribution is 5.93. The van der Waals surface area contributed by atoms with E-state index in [1.807, 2.05) is 49.4 Å². The maximum Gasteiger partial charge on any atom is 0.339 e. The standard InChI is InChI=1S/C27H34O4/c1-18-9-12-23-26(2,14-13-24(29)27(23,3)17-28)22(18)11-10-20-16-21(31-25(20)30)15-19-7-5-4-6-8-19/h4-8,15-16,22-24,28-29H,1,9-14,17H2,2-3H3/t22-,23+,24-,26+,27+/m1/s1. The molecule has 166 valence electrons. The van der Waals surface area contributed by atoms with Crippen molar-refractivity contribution in [2.45, 2.75) is 58.5 Å². The van der Waals surface area contributed by atoms with Crippen molar-refractivity contribution < 1.29 is 19.7 Å². The Labute approximate surface area is 185 Å². The molecule has 2 N–H and O–H groups in total. The number of cyclic esters (lactones) is 1. The van der Waals surface area contributed by atoms with Gasteiger partial charge in [-0.05, 0) is 73.5 Å². The number of hydrogen-bond donors (Lipinski definition) is 2. The van der Waals surface area contributed by atoms with E-state index < -0.39 is 11.5 Å². The summed E-state index contributed by atoms with van der Waals surface area (Å²) >= 11 is 0. The van der Waals surface area contributed by atoms with Crippen molar-refractivity contribution in [1.29, 1.82) is 0 Å². The summed E-state index contributed by atoms with van der Waals surface area (Å²) in [4.78, 5) is 12.5. The van der Waals surface area contributed by atoms with Gasteiger partial charge in [-0.2, -0.15) is 0 Å². The van der Waals surface area contributed by atoms with Gasteiger partial charge >= 0.3 is 5.97 Å². The Hall–Kier alpha value is -2.17. The maximum atomic E-state index is 12.5. The van der Waals surface area contributed by atoms with Crippen LogP contribution in [0.2, 0.25) is 0 Å². The van der Waals surface area contributed by atoms with E-state index in [9.17, 15) is 15.0 Å². The second kappa shape index (κ2) is 8.40. The molecule has 4 rings (SSSR count). The molecule has 0 aromatic heterocycles. The number of benzene rings is 1. The predicted octanol–water partition coefficient (Wildman–Crippen LogP) is 5.03. The van der Waals surface area contributed by atoms with E-state index >= 15 is 0 Å². The Morgan fingerprint density at radius 2 is 1.97 bits per heavy atom. The molecule has 1 aromatic carbocycles. The number of fused-ring (bicyclic) bond motifs is 1. The lowest BCUT2D eigenvalue weighted by Gasteiger charge is -2.60. The Morgan fingerprint density at radius 1 is 1.23 bits per heavy atom. The lowest BCUT2D eigenvalue weighted by Crippen LogP contribution is -2.57. The lowest BCUT2D eigenvalue weighted by molar-refractivity contribution is -0.152. The molecule has 31 heavy (non-hydrogen) atoms. The number of esters is 1. The summed E-state index contributed by atoms with van der Waals surface area (Å²) in [5.74, 6) is 0.832. The summed E-state index contributed by atoms with van der Waals surface area (Å²) < 4.78 is 5.48. The van der Waals surface area contributed by atoms with Gasteiger partial charge in [0.05, 0.1) is 12.7 Å². The highest BCUT2D eigenvalue weighted by atomic mass is 16.5. The molecule has 1 heterocycles. The van der Waals surface area contributed by atoms with Crippen LogP contribution in [0, 0.1) is 22.7 Å². The van der Waals surface area contributed by atoms with Crippen LogP contribution >= 0.6 is 0 Å². The van der Waals surface area contributed by atoms with Crippen LogP contribution in [0.4, 0.5) is 0 Å². The number of carbonyl (C=O) groups is 1. The molecule has 0 spiro atoms. The predicted molar refractivity (Wildman–Crippen MR) is 122 cm³/mol. The van der Waals surface area contributed by atoms with Crippen LogP contribution in [0.1, 0.15) is 57.9 Å². The van der Waals surface area contributed by atoms with Crippen LogP contribution in [0.15, 0.2) is 59.9 Å². The molecule has 5 atom stereocenters. The molecular formula is C27H34O4. The smallest absolute Gasteiger partial charge is 0.339 e. The second-order valence-electron chi connectivity index (χ2n) is 10.1. The molecule has 0 radical (unpaired) electrons. The maximum absolute atomic E-state index is 12.5. The van der Waals surface area contributed by atoms with Crippen molar-refractivity contribution in [2.24, 2.45) is 22.7 Å². The van der Waals surface area contributed by atoms with E-state index in [0.29, 0.717) is 24.2 Å². The van der Waals surface area contributed by atoms with Gasteiger partial charge in [-0.1, -0.05) is 56.3 Å². The third-order valence-electron chi connectivity index (χ3n) is 8.29. The van der Waals surface area contributed by atoms with Gasteiger partial charge in [0.25, 0.3) is 0 Å². The zero-order valence-corrected chi connectivity index (χ0v) is 18.6. The molecule has 0 saturated heterocycles. The number of carbonyl (C=O) groups excluding carboxylic acids is 1. The zero-order chi connectivity index (χ0) is 22.2. The molecule has 2 aliphatic carbocycles. The topological polar surface area (TPSA) is 66.8 Å². The summed E-state index contributed by atoms with van der Waals surface area (Å²) in [6.07, 6.45) is 8.24. The van der Waals surface area contributed by atoms with Gasteiger partial charge in [0.15, 0.2) is 0 Å². The van der Waals surface area contributed by atoms with Crippen molar-refractivity contribution in [2.75, 3.05) is 6.61 Å². The minimum absolute atomic E-state index is 0.00125. The summed E-state index contributed by atoms with van der Waals surface area (Å²) in [7, 11) is 0. The minimum Gasteiger partial charge on any atom is -0.423 e. The van der Waals surface area contributed by atoms with E-state index in [-0.39, 0.29) is 29.8 Å². The van der Waals surface area contributed by atoms with Gasteiger partial charge in [-0.3, -0.25) is 0 Å². The van der Waals surface area contributed by atoms with E-state index in [0.717, 1.165) is 31.2 Å². The number of aliphatic hydroxyl groups is 2. The van der Waals surface area contributed by atoms with Crippen molar-refractivity contribution in [3.8, 4) is 0 Å². The molecule has 1 aromatic rings. The molecule has 0 unspecified atom stereocenters. The minimum atomic E-state index is -0.483. The van der Waals surface area contributed by atoms with E-state index in [2.05, 4.69) is 13.5 Å². The van der Waals surface area contributed by atoms with E-state index in [1.54, 1.807) is 0 Å². The van der Waals surface area contributed by atoms with Crippen molar-refractivity contribution in [1.82, 2.24) is 0 Å². The van der Waals surface area contributed by atoms with Crippen LogP contribution in [0.3, 0.4) is 0 Å². The van der Waals surface area contributed by atoms with Crippen molar-refractivity contribution in [3.63, 3.8) is 0 Å². The van der Waals surface area contributed by atoms with Gasteiger partial charge in [0, 0.05) is 11.0 Å². The molecule has 4 nitrogen and oxygen atoms in total. The van der Waals surface area contributed by atoms with Gasteiger partial charge < -0.3 is 14.9 Å². The largest absolute Gasteiger partial charge is 0.423 e. The van der Waals surface area contributed by atoms with Crippen LogP contribution in [0.25, 0.3) is 6.08 Å². The van der Waals surface area contributed by atoms with Gasteiger partial charge in [-0.25, -0.2) is 4.79 Å². The quantitative estimate of drug-likeness (QED) is 0.516. The number of rotatable bonds is 5. The lowest BCUT2D eigenvalue weighted by atomic mass is 9.46. The molecule has 2 fully saturated rings. The van der Waals surface area contributed by atoms with Gasteiger partial charge in [0.1, 0.15) is 5.76 Å². The van der Waals surface area contributed by atoms with Crippen LogP contribution in [-0.4, -0.2) is 28.9 Å². The van der Waals surface area contributed by atoms with Crippen LogP contribution in [0.5, 0.6) is 0 Å². The zero-order valence-electron chi connectivity index (χ0n) is 18.6. The molecule has 2 saturated carbocycles. The Bertz CT molecular complexity index is 914. The van der Waals surface area contributed by atoms with Crippen molar-refractivity contribution >= 4 is 12.0 Å². The number of hydrogen-bond acceptors (Lipinski definition) is 4. The highest BCUT2D eigenvalue weighted by Gasteiger charge is 2.57. The number of ether oxygens (including phenoxy) is 1. The summed E-state index contributed by atoms with van der Waals surface area (Å²) in [6, 6.07) is 9.84. The average Bonchev–Trinajstić information content (AvgIpc) is 3.10. The Kier molecular flexibility index (Phi) is 5.97. The van der Waals surface area contributed by atoms with Gasteiger partial charge in [0.2, 0.25) is 0 Å². The Balaban J connectivity index is 1.52. The highest BCUT2D eigenvalue weighted by Crippen LogP contribution is 2.61. The van der Waals surface area contributed by atoms with Gasteiger partial charge in [-0.15, -0.1) is 0 Å². The first-order valence-corrected chi connectivity index (χ1v) is 11.4. The Morgan fingerprint density at radius 3 is 2.68 bits per heavy atom. The first-order valence-electron chi connectivity index (χ1n) is 11.4. The molecule has 0 bridgehead atoms. The second-order valence-corrected chi connectivity index (χ2v) is 10.1. The first-order chi connectivity index (χ1) is 14.8. The van der Waals surface area contributed by atoms with Crippen LogP contribution in [-0.2, 0) is 9.53 Å².